The van der Waals surface area contributed by atoms with Crippen molar-refractivity contribution >= 4 is 70.6 Å². The van der Waals surface area contributed by atoms with Gasteiger partial charge in [0.25, 0.3) is 0 Å². The normalized spacial score (nSPS) is 14.2. The van der Waals surface area contributed by atoms with E-state index in [1.165, 1.54) is 119 Å². The summed E-state index contributed by atoms with van der Waals surface area (Å²) in [7, 11) is 0. The lowest BCUT2D eigenvalue weighted by atomic mass is 9.80. The standard InChI is InChI=1S/C55H38S/c1-55(2)48-29-25-34-30-47-39-18-12-13-23-50(39)56-51(47)32-46(34)54(48)45-26-24-35(31-49(45)55)52-40-19-8-10-21-42(40)53(43-22-11-9-20-41(43)52)44-28-27-36(33-14-4-3-5-15-33)37-16-6-7-17-38(37)44/h3-12,14-22,24-32H,13,23H2,1-2H3. The summed E-state index contributed by atoms with van der Waals surface area (Å²) in [6.07, 6.45) is 6.98. The van der Waals surface area contributed by atoms with Crippen LogP contribution in [0, 0.1) is 0 Å². The van der Waals surface area contributed by atoms with E-state index in [0.29, 0.717) is 0 Å². The van der Waals surface area contributed by atoms with Gasteiger partial charge in [-0.1, -0.05) is 166 Å². The molecule has 0 bridgehead atoms. The largest absolute Gasteiger partial charge is 0.140 e. The van der Waals surface area contributed by atoms with Crippen molar-refractivity contribution in [2.45, 2.75) is 32.1 Å². The molecule has 0 unspecified atom stereocenters. The highest BCUT2D eigenvalue weighted by Gasteiger charge is 2.37. The van der Waals surface area contributed by atoms with Crippen LogP contribution in [0.2, 0.25) is 0 Å². The first-order chi connectivity index (χ1) is 27.5. The molecule has 0 aliphatic heterocycles. The summed E-state index contributed by atoms with van der Waals surface area (Å²) >= 11 is 1.99. The van der Waals surface area contributed by atoms with Gasteiger partial charge in [-0.25, -0.2) is 0 Å². The van der Waals surface area contributed by atoms with E-state index >= 15 is 0 Å². The van der Waals surface area contributed by atoms with E-state index < -0.39 is 0 Å². The Hall–Kier alpha value is -6.28. The van der Waals surface area contributed by atoms with Crippen molar-refractivity contribution in [1.29, 1.82) is 0 Å². The quantitative estimate of drug-likeness (QED) is 0.159. The van der Waals surface area contributed by atoms with Crippen molar-refractivity contribution in [2.24, 2.45) is 0 Å². The van der Waals surface area contributed by atoms with Gasteiger partial charge in [-0.2, -0.15) is 0 Å². The van der Waals surface area contributed by atoms with Gasteiger partial charge in [-0.3, -0.25) is 0 Å². The minimum absolute atomic E-state index is 0.133. The molecule has 0 atom stereocenters. The Morgan fingerprint density at radius 1 is 0.446 bits per heavy atom. The highest BCUT2D eigenvalue weighted by atomic mass is 32.1. The van der Waals surface area contributed by atoms with Crippen molar-refractivity contribution in [1.82, 2.24) is 0 Å². The second kappa shape index (κ2) is 11.9. The van der Waals surface area contributed by atoms with Crippen LogP contribution in [0.5, 0.6) is 0 Å². The number of thiophene rings is 1. The average Bonchev–Trinajstić information content (AvgIpc) is 3.72. The molecule has 9 aromatic carbocycles. The lowest BCUT2D eigenvalue weighted by Crippen LogP contribution is -2.15. The van der Waals surface area contributed by atoms with Gasteiger partial charge in [0.2, 0.25) is 0 Å². The Morgan fingerprint density at radius 2 is 1.07 bits per heavy atom. The average molecular weight is 731 g/mol. The number of benzene rings is 9. The van der Waals surface area contributed by atoms with E-state index in [1.807, 2.05) is 11.3 Å². The molecule has 10 aromatic rings. The van der Waals surface area contributed by atoms with Gasteiger partial charge in [0.1, 0.15) is 0 Å². The number of aryl methyl sites for hydroxylation is 1. The minimum atomic E-state index is -0.133. The minimum Gasteiger partial charge on any atom is -0.140 e. The monoisotopic (exact) mass is 730 g/mol. The van der Waals surface area contributed by atoms with E-state index in [4.69, 9.17) is 0 Å². The van der Waals surface area contributed by atoms with Gasteiger partial charge in [0.05, 0.1) is 0 Å². The molecule has 2 aliphatic rings. The van der Waals surface area contributed by atoms with Crippen LogP contribution in [0.1, 0.15) is 41.8 Å². The zero-order valence-corrected chi connectivity index (χ0v) is 32.3. The van der Waals surface area contributed by atoms with Crippen LogP contribution < -0.4 is 0 Å². The van der Waals surface area contributed by atoms with Crippen LogP contribution in [0.4, 0.5) is 0 Å². The number of hydrogen-bond donors (Lipinski definition) is 0. The van der Waals surface area contributed by atoms with Gasteiger partial charge in [-0.05, 0) is 135 Å². The molecule has 1 aromatic heterocycles. The fourth-order valence-corrected chi connectivity index (χ4v) is 11.5. The van der Waals surface area contributed by atoms with E-state index in [2.05, 4.69) is 184 Å². The number of allylic oxidation sites excluding steroid dienone is 1. The van der Waals surface area contributed by atoms with E-state index in [-0.39, 0.29) is 5.41 Å². The van der Waals surface area contributed by atoms with Gasteiger partial charge in [0.15, 0.2) is 0 Å². The summed E-state index contributed by atoms with van der Waals surface area (Å²) < 4.78 is 1.41. The van der Waals surface area contributed by atoms with Gasteiger partial charge >= 0.3 is 0 Å². The lowest BCUT2D eigenvalue weighted by Gasteiger charge is -2.23. The smallest absolute Gasteiger partial charge is 0.0358 e. The third-order valence-corrected chi connectivity index (χ3v) is 14.1. The van der Waals surface area contributed by atoms with Crippen molar-refractivity contribution in [3.8, 4) is 44.5 Å². The molecule has 0 spiro atoms. The maximum absolute atomic E-state index is 2.52. The Morgan fingerprint density at radius 3 is 1.80 bits per heavy atom. The van der Waals surface area contributed by atoms with Crippen LogP contribution >= 0.6 is 11.3 Å². The molecule has 0 radical (unpaired) electrons. The molecule has 0 saturated carbocycles. The van der Waals surface area contributed by atoms with Crippen molar-refractivity contribution in [2.75, 3.05) is 0 Å². The van der Waals surface area contributed by atoms with E-state index in [0.717, 1.165) is 12.8 Å². The third-order valence-electron chi connectivity index (χ3n) is 12.9. The fraction of sp³-hybridized carbons (Fsp3) is 0.0909. The summed E-state index contributed by atoms with van der Waals surface area (Å²) in [5.41, 5.74) is 14.6. The first-order valence-electron chi connectivity index (χ1n) is 19.9. The second-order valence-corrected chi connectivity index (χ2v) is 17.4. The predicted octanol–water partition coefficient (Wildman–Crippen LogP) is 15.8. The predicted molar refractivity (Wildman–Crippen MR) is 243 cm³/mol. The van der Waals surface area contributed by atoms with Crippen molar-refractivity contribution in [3.05, 3.63) is 185 Å². The zero-order chi connectivity index (χ0) is 37.1. The Bertz CT molecular complexity index is 3260. The SMILES string of the molecule is CC1(C)c2cc(-c3c4ccccc4c(-c4ccc(-c5ccccc5)c5ccccc45)c4ccccc34)ccc2-c2c1ccc1cc3c4c(sc3cc21)CCC=C4. The molecule has 1 heterocycles. The molecule has 264 valence electrons. The molecule has 12 rings (SSSR count). The molecule has 56 heavy (non-hydrogen) atoms. The first kappa shape index (κ1) is 32.0. The van der Waals surface area contributed by atoms with Crippen molar-refractivity contribution < 1.29 is 0 Å². The van der Waals surface area contributed by atoms with Crippen molar-refractivity contribution in [3.63, 3.8) is 0 Å². The molecule has 0 nitrogen and oxygen atoms in total. The molecule has 0 saturated heterocycles. The summed E-state index contributed by atoms with van der Waals surface area (Å²) in [6, 6.07) is 59.6. The highest BCUT2D eigenvalue weighted by Crippen LogP contribution is 2.54. The summed E-state index contributed by atoms with van der Waals surface area (Å²) in [5.74, 6) is 0. The van der Waals surface area contributed by atoms with Gasteiger partial charge in [0, 0.05) is 20.4 Å². The summed E-state index contributed by atoms with van der Waals surface area (Å²) in [4.78, 5) is 1.53. The number of hydrogen-bond acceptors (Lipinski definition) is 1. The Balaban J connectivity index is 1.08. The third kappa shape index (κ3) is 4.47. The fourth-order valence-electron chi connectivity index (χ4n) is 10.3. The lowest BCUT2D eigenvalue weighted by molar-refractivity contribution is 0.661. The molecule has 0 amide bonds. The number of rotatable bonds is 3. The first-order valence-corrected chi connectivity index (χ1v) is 20.7. The molecular weight excluding hydrogens is 693 g/mol. The van der Waals surface area contributed by atoms with Crippen LogP contribution in [0.25, 0.3) is 104 Å². The molecule has 2 aliphatic carbocycles. The highest BCUT2D eigenvalue weighted by molar-refractivity contribution is 7.19. The van der Waals surface area contributed by atoms with Crippen LogP contribution in [-0.4, -0.2) is 0 Å². The van der Waals surface area contributed by atoms with E-state index in [9.17, 15) is 0 Å². The van der Waals surface area contributed by atoms with E-state index in [1.54, 1.807) is 0 Å². The molecular formula is C55H38S. The molecule has 0 N–H and O–H groups in total. The second-order valence-electron chi connectivity index (χ2n) is 16.2. The summed E-state index contributed by atoms with van der Waals surface area (Å²) in [5, 5.41) is 11.8. The van der Waals surface area contributed by atoms with Crippen LogP contribution in [0.15, 0.2) is 164 Å². The van der Waals surface area contributed by atoms with Gasteiger partial charge < -0.3 is 0 Å². The summed E-state index contributed by atoms with van der Waals surface area (Å²) in [6.45, 7) is 4.84. The molecule has 0 fully saturated rings. The zero-order valence-electron chi connectivity index (χ0n) is 31.5. The maximum atomic E-state index is 2.52. The maximum Gasteiger partial charge on any atom is 0.0358 e. The van der Waals surface area contributed by atoms with Gasteiger partial charge in [-0.15, -0.1) is 11.3 Å². The molecule has 1 heteroatoms. The Kier molecular flexibility index (Phi) is 6.78. The topological polar surface area (TPSA) is 0 Å². The van der Waals surface area contributed by atoms with Crippen LogP contribution in [0.3, 0.4) is 0 Å². The van der Waals surface area contributed by atoms with Crippen LogP contribution in [-0.2, 0) is 11.8 Å². The Labute approximate surface area is 331 Å². The number of fused-ring (bicyclic) bond motifs is 11.